The summed E-state index contributed by atoms with van der Waals surface area (Å²) in [6.07, 6.45) is 0. The fourth-order valence-electron chi connectivity index (χ4n) is 1.96. The van der Waals surface area contributed by atoms with Gasteiger partial charge in [0, 0.05) is 23.0 Å². The van der Waals surface area contributed by atoms with Crippen molar-refractivity contribution in [2.24, 2.45) is 0 Å². The lowest BCUT2D eigenvalue weighted by Crippen LogP contribution is -2.41. The van der Waals surface area contributed by atoms with Crippen molar-refractivity contribution in [3.05, 3.63) is 28.8 Å². The molecule has 2 nitrogen and oxygen atoms in total. The van der Waals surface area contributed by atoms with E-state index in [2.05, 4.69) is 0 Å². The smallest absolute Gasteiger partial charge is 0.399 e. The van der Waals surface area contributed by atoms with Gasteiger partial charge in [0.25, 0.3) is 5.92 Å². The predicted octanol–water partition coefficient (Wildman–Crippen LogP) is 3.75. The lowest BCUT2D eigenvalue weighted by atomic mass is 9.78. The van der Waals surface area contributed by atoms with Gasteiger partial charge in [0.1, 0.15) is 0 Å². The summed E-state index contributed by atoms with van der Waals surface area (Å²) in [6, 6.07) is 4.16. The average Bonchev–Trinajstić information content (AvgIpc) is 2.46. The number of hydrogen-bond acceptors (Lipinski definition) is 2. The highest BCUT2D eigenvalue weighted by Crippen LogP contribution is 2.37. The second kappa shape index (κ2) is 4.68. The Morgan fingerprint density at radius 1 is 1.10 bits per heavy atom. The third-order valence-electron chi connectivity index (χ3n) is 4.01. The van der Waals surface area contributed by atoms with Gasteiger partial charge in [-0.05, 0) is 33.8 Å². The third-order valence-corrected chi connectivity index (χ3v) is 4.34. The lowest BCUT2D eigenvalue weighted by molar-refractivity contribution is 0.00578. The van der Waals surface area contributed by atoms with Gasteiger partial charge in [0.05, 0.1) is 11.2 Å². The zero-order valence-corrected chi connectivity index (χ0v) is 13.0. The molecule has 1 aliphatic rings. The SMILES string of the molecule is CC(F)(F)c1ccc(B2OC(C)(C)C(C)(C)O2)c(Cl)c1. The maximum Gasteiger partial charge on any atom is 0.496 e. The first-order chi connectivity index (χ1) is 8.94. The summed E-state index contributed by atoms with van der Waals surface area (Å²) in [5.74, 6) is -2.92. The molecule has 1 heterocycles. The molecule has 0 atom stereocenters. The molecule has 1 aromatic carbocycles. The molecular formula is C14H18BClF2O2. The lowest BCUT2D eigenvalue weighted by Gasteiger charge is -2.32. The van der Waals surface area contributed by atoms with Crippen LogP contribution in [0.15, 0.2) is 18.2 Å². The molecule has 1 aliphatic heterocycles. The second-order valence-corrected chi connectivity index (χ2v) is 6.62. The molecular weight excluding hydrogens is 284 g/mol. The number of halogens is 3. The molecule has 1 fully saturated rings. The van der Waals surface area contributed by atoms with E-state index in [1.165, 1.54) is 18.2 Å². The molecule has 0 saturated carbocycles. The van der Waals surface area contributed by atoms with Gasteiger partial charge in [0.2, 0.25) is 0 Å². The van der Waals surface area contributed by atoms with Crippen molar-refractivity contribution in [3.63, 3.8) is 0 Å². The molecule has 2 rings (SSSR count). The highest BCUT2D eigenvalue weighted by molar-refractivity contribution is 6.65. The van der Waals surface area contributed by atoms with Crippen molar-refractivity contribution in [2.45, 2.75) is 51.7 Å². The van der Waals surface area contributed by atoms with Crippen LogP contribution in [0.25, 0.3) is 0 Å². The Kier molecular flexibility index (Phi) is 3.69. The fraction of sp³-hybridized carbons (Fsp3) is 0.571. The first-order valence-corrected chi connectivity index (χ1v) is 6.85. The van der Waals surface area contributed by atoms with E-state index in [1.807, 2.05) is 27.7 Å². The second-order valence-electron chi connectivity index (χ2n) is 6.21. The van der Waals surface area contributed by atoms with Crippen LogP contribution in [0.4, 0.5) is 8.78 Å². The van der Waals surface area contributed by atoms with Crippen molar-refractivity contribution in [3.8, 4) is 0 Å². The van der Waals surface area contributed by atoms with E-state index in [9.17, 15) is 8.78 Å². The highest BCUT2D eigenvalue weighted by atomic mass is 35.5. The number of rotatable bonds is 2. The molecule has 0 amide bonds. The van der Waals surface area contributed by atoms with Crippen LogP contribution in [-0.4, -0.2) is 18.3 Å². The molecule has 0 aliphatic carbocycles. The Hall–Kier alpha value is -0.645. The summed E-state index contributed by atoms with van der Waals surface area (Å²) in [4.78, 5) is 0. The van der Waals surface area contributed by atoms with Crippen LogP contribution >= 0.6 is 11.6 Å². The standard InChI is InChI=1S/C14H18BClF2O2/c1-12(2)13(3,4)20-15(19-12)10-7-6-9(8-11(10)16)14(5,17)18/h6-8H,1-5H3. The third kappa shape index (κ3) is 2.71. The summed E-state index contributed by atoms with van der Waals surface area (Å²) in [6.45, 7) is 8.54. The molecule has 20 heavy (non-hydrogen) atoms. The van der Waals surface area contributed by atoms with Crippen LogP contribution < -0.4 is 5.46 Å². The van der Waals surface area contributed by atoms with Crippen molar-refractivity contribution in [1.29, 1.82) is 0 Å². The quantitative estimate of drug-likeness (QED) is 0.775. The van der Waals surface area contributed by atoms with Crippen LogP contribution in [0, 0.1) is 0 Å². The summed E-state index contributed by atoms with van der Waals surface area (Å²) in [5.41, 5.74) is -0.538. The van der Waals surface area contributed by atoms with Gasteiger partial charge in [-0.15, -0.1) is 0 Å². The average molecular weight is 303 g/mol. The predicted molar refractivity (Wildman–Crippen MR) is 76.7 cm³/mol. The molecule has 0 aromatic heterocycles. The van der Waals surface area contributed by atoms with Gasteiger partial charge in [-0.3, -0.25) is 0 Å². The Morgan fingerprint density at radius 3 is 2.00 bits per heavy atom. The van der Waals surface area contributed by atoms with Crippen molar-refractivity contribution in [1.82, 2.24) is 0 Å². The Labute approximate surface area is 123 Å². The normalized spacial score (nSPS) is 21.3. The molecule has 0 spiro atoms. The van der Waals surface area contributed by atoms with E-state index in [4.69, 9.17) is 20.9 Å². The van der Waals surface area contributed by atoms with E-state index in [0.29, 0.717) is 5.46 Å². The summed E-state index contributed by atoms with van der Waals surface area (Å²) in [5, 5.41) is 0.225. The maximum atomic E-state index is 13.3. The Morgan fingerprint density at radius 2 is 1.60 bits per heavy atom. The molecule has 1 saturated heterocycles. The van der Waals surface area contributed by atoms with Crippen molar-refractivity contribution < 1.29 is 18.1 Å². The van der Waals surface area contributed by atoms with Gasteiger partial charge >= 0.3 is 7.12 Å². The maximum absolute atomic E-state index is 13.3. The first kappa shape index (κ1) is 15.7. The van der Waals surface area contributed by atoms with E-state index >= 15 is 0 Å². The summed E-state index contributed by atoms with van der Waals surface area (Å²) in [7, 11) is -0.646. The minimum absolute atomic E-state index is 0.122. The zero-order chi connectivity index (χ0) is 15.3. The van der Waals surface area contributed by atoms with Gasteiger partial charge in [-0.1, -0.05) is 23.7 Å². The molecule has 0 unspecified atom stereocenters. The largest absolute Gasteiger partial charge is 0.496 e. The number of hydrogen-bond donors (Lipinski definition) is 0. The zero-order valence-electron chi connectivity index (χ0n) is 12.3. The van der Waals surface area contributed by atoms with E-state index in [0.717, 1.165) is 6.92 Å². The van der Waals surface area contributed by atoms with Crippen LogP contribution in [0.2, 0.25) is 5.02 Å². The number of alkyl halides is 2. The first-order valence-electron chi connectivity index (χ1n) is 6.47. The minimum atomic E-state index is -2.92. The fourth-order valence-corrected chi connectivity index (χ4v) is 2.23. The van der Waals surface area contributed by atoms with Crippen LogP contribution in [0.1, 0.15) is 40.2 Å². The van der Waals surface area contributed by atoms with Crippen LogP contribution in [0.3, 0.4) is 0 Å². The monoisotopic (exact) mass is 302 g/mol. The van der Waals surface area contributed by atoms with Crippen LogP contribution in [-0.2, 0) is 15.2 Å². The topological polar surface area (TPSA) is 18.5 Å². The molecule has 6 heteroatoms. The van der Waals surface area contributed by atoms with E-state index < -0.39 is 24.2 Å². The van der Waals surface area contributed by atoms with Crippen molar-refractivity contribution in [2.75, 3.05) is 0 Å². The molecule has 0 N–H and O–H groups in total. The minimum Gasteiger partial charge on any atom is -0.399 e. The van der Waals surface area contributed by atoms with Crippen LogP contribution in [0.5, 0.6) is 0 Å². The Bertz CT molecular complexity index is 510. The van der Waals surface area contributed by atoms with Crippen molar-refractivity contribution >= 4 is 24.2 Å². The van der Waals surface area contributed by atoms with Gasteiger partial charge in [-0.2, -0.15) is 0 Å². The van der Waals surface area contributed by atoms with E-state index in [1.54, 1.807) is 0 Å². The number of benzene rings is 1. The molecule has 0 radical (unpaired) electrons. The van der Waals surface area contributed by atoms with Gasteiger partial charge in [0.15, 0.2) is 0 Å². The van der Waals surface area contributed by atoms with Gasteiger partial charge < -0.3 is 9.31 Å². The highest BCUT2D eigenvalue weighted by Gasteiger charge is 2.52. The molecule has 110 valence electrons. The summed E-state index contributed by atoms with van der Waals surface area (Å²) < 4.78 is 38.3. The molecule has 0 bridgehead atoms. The molecule has 1 aromatic rings. The summed E-state index contributed by atoms with van der Waals surface area (Å²) >= 11 is 6.11. The van der Waals surface area contributed by atoms with Gasteiger partial charge in [-0.25, -0.2) is 8.78 Å². The van der Waals surface area contributed by atoms with E-state index in [-0.39, 0.29) is 10.6 Å². The Balaban J connectivity index is 2.33.